The van der Waals surface area contributed by atoms with Gasteiger partial charge in [-0.2, -0.15) is 0 Å². The molecule has 4 aromatic rings. The van der Waals surface area contributed by atoms with Crippen molar-refractivity contribution < 1.29 is 9.53 Å². The van der Waals surface area contributed by atoms with Gasteiger partial charge in [0.25, 0.3) is 5.91 Å². The van der Waals surface area contributed by atoms with E-state index in [4.69, 9.17) is 9.72 Å². The van der Waals surface area contributed by atoms with Gasteiger partial charge >= 0.3 is 0 Å². The number of ether oxygens (including phenoxy) is 1. The molecule has 0 saturated heterocycles. The standard InChI is InChI=1S/C25H25N3O2/c1-3-30-21-13-14-22-23(15-21)28-24(27-22)17(2)19-9-11-20(12-10-19)25(29)26-16-18-7-5-4-6-8-18/h4-15,17H,3,16H2,1-2H3,(H,26,29)(H,27,28). The Bertz CT molecular complexity index is 1130. The number of carbonyl (C=O) groups excluding carboxylic acids is 1. The fourth-order valence-corrected chi connectivity index (χ4v) is 3.43. The second-order valence-electron chi connectivity index (χ2n) is 7.25. The summed E-state index contributed by atoms with van der Waals surface area (Å²) in [5.74, 6) is 1.72. The van der Waals surface area contributed by atoms with Crippen molar-refractivity contribution in [2.45, 2.75) is 26.3 Å². The van der Waals surface area contributed by atoms with Crippen molar-refractivity contribution in [3.63, 3.8) is 0 Å². The van der Waals surface area contributed by atoms with Gasteiger partial charge < -0.3 is 15.0 Å². The first-order valence-corrected chi connectivity index (χ1v) is 10.2. The van der Waals surface area contributed by atoms with Crippen LogP contribution < -0.4 is 10.1 Å². The van der Waals surface area contributed by atoms with Crippen LogP contribution in [0.3, 0.4) is 0 Å². The maximum absolute atomic E-state index is 12.4. The molecular weight excluding hydrogens is 374 g/mol. The van der Waals surface area contributed by atoms with Gasteiger partial charge in [-0.05, 0) is 42.3 Å². The first kappa shape index (κ1) is 19.7. The van der Waals surface area contributed by atoms with Crippen molar-refractivity contribution in [1.29, 1.82) is 0 Å². The van der Waals surface area contributed by atoms with Gasteiger partial charge in [-0.25, -0.2) is 4.98 Å². The van der Waals surface area contributed by atoms with Gasteiger partial charge in [0, 0.05) is 24.1 Å². The van der Waals surface area contributed by atoms with Crippen molar-refractivity contribution >= 4 is 16.9 Å². The fraction of sp³-hybridized carbons (Fsp3) is 0.200. The fourth-order valence-electron chi connectivity index (χ4n) is 3.43. The number of amides is 1. The summed E-state index contributed by atoms with van der Waals surface area (Å²) in [4.78, 5) is 20.5. The predicted octanol–water partition coefficient (Wildman–Crippen LogP) is 5.04. The van der Waals surface area contributed by atoms with Gasteiger partial charge in [-0.1, -0.05) is 49.4 Å². The molecule has 1 unspecified atom stereocenters. The summed E-state index contributed by atoms with van der Waals surface area (Å²) in [6.45, 7) is 5.22. The highest BCUT2D eigenvalue weighted by Gasteiger charge is 2.14. The number of aromatic amines is 1. The summed E-state index contributed by atoms with van der Waals surface area (Å²) in [5.41, 5.74) is 4.69. The Hall–Kier alpha value is -3.60. The molecule has 0 saturated carbocycles. The molecule has 0 fully saturated rings. The van der Waals surface area contributed by atoms with Crippen LogP contribution in [0.15, 0.2) is 72.8 Å². The summed E-state index contributed by atoms with van der Waals surface area (Å²) in [5, 5.41) is 2.96. The van der Waals surface area contributed by atoms with E-state index in [1.54, 1.807) is 0 Å². The Morgan fingerprint density at radius 2 is 1.83 bits per heavy atom. The molecule has 1 heterocycles. The number of aromatic nitrogens is 2. The lowest BCUT2D eigenvalue weighted by molar-refractivity contribution is 0.0951. The molecule has 0 radical (unpaired) electrons. The summed E-state index contributed by atoms with van der Waals surface area (Å²) in [6.07, 6.45) is 0. The van der Waals surface area contributed by atoms with E-state index >= 15 is 0 Å². The number of hydrogen-bond donors (Lipinski definition) is 2. The molecule has 0 aliphatic heterocycles. The number of nitrogens with zero attached hydrogens (tertiary/aromatic N) is 1. The van der Waals surface area contributed by atoms with Crippen LogP contribution in [0.5, 0.6) is 5.75 Å². The first-order chi connectivity index (χ1) is 14.6. The van der Waals surface area contributed by atoms with Crippen molar-refractivity contribution in [1.82, 2.24) is 15.3 Å². The third-order valence-electron chi connectivity index (χ3n) is 5.16. The molecule has 0 bridgehead atoms. The van der Waals surface area contributed by atoms with Crippen LogP contribution >= 0.6 is 0 Å². The van der Waals surface area contributed by atoms with Crippen LogP contribution in [-0.2, 0) is 6.54 Å². The van der Waals surface area contributed by atoms with E-state index in [1.807, 2.05) is 79.7 Å². The number of nitrogens with one attached hydrogen (secondary N) is 2. The Labute approximate surface area is 176 Å². The minimum absolute atomic E-state index is 0.0781. The van der Waals surface area contributed by atoms with E-state index in [1.165, 1.54) is 0 Å². The summed E-state index contributed by atoms with van der Waals surface area (Å²) in [6, 6.07) is 23.5. The van der Waals surface area contributed by atoms with Crippen LogP contribution in [0.25, 0.3) is 11.0 Å². The second-order valence-corrected chi connectivity index (χ2v) is 7.25. The third kappa shape index (κ3) is 4.35. The quantitative estimate of drug-likeness (QED) is 0.457. The molecule has 2 N–H and O–H groups in total. The van der Waals surface area contributed by atoms with E-state index in [9.17, 15) is 4.79 Å². The molecule has 0 spiro atoms. The molecule has 1 aromatic heterocycles. The molecule has 5 nitrogen and oxygen atoms in total. The maximum atomic E-state index is 12.4. The van der Waals surface area contributed by atoms with Crippen LogP contribution in [0.4, 0.5) is 0 Å². The third-order valence-corrected chi connectivity index (χ3v) is 5.16. The van der Waals surface area contributed by atoms with E-state index in [2.05, 4.69) is 17.2 Å². The minimum Gasteiger partial charge on any atom is -0.494 e. The second kappa shape index (κ2) is 8.82. The van der Waals surface area contributed by atoms with Crippen LogP contribution in [0.1, 0.15) is 47.1 Å². The average molecular weight is 399 g/mol. The van der Waals surface area contributed by atoms with Gasteiger partial charge in [0.1, 0.15) is 11.6 Å². The highest BCUT2D eigenvalue weighted by molar-refractivity contribution is 5.94. The summed E-state index contributed by atoms with van der Waals surface area (Å²) < 4.78 is 5.57. The molecule has 1 atom stereocenters. The Morgan fingerprint density at radius 3 is 2.57 bits per heavy atom. The predicted molar refractivity (Wildman–Crippen MR) is 119 cm³/mol. The largest absolute Gasteiger partial charge is 0.494 e. The highest BCUT2D eigenvalue weighted by atomic mass is 16.5. The van der Waals surface area contributed by atoms with Gasteiger partial charge in [0.2, 0.25) is 0 Å². The van der Waals surface area contributed by atoms with Crippen molar-refractivity contribution in [3.8, 4) is 5.75 Å². The van der Waals surface area contributed by atoms with Gasteiger partial charge in [-0.3, -0.25) is 4.79 Å². The van der Waals surface area contributed by atoms with E-state index in [0.717, 1.165) is 33.7 Å². The Kier molecular flexibility index (Phi) is 5.80. The molecular formula is C25H25N3O2. The van der Waals surface area contributed by atoms with Crippen molar-refractivity contribution in [3.05, 3.63) is 95.3 Å². The SMILES string of the molecule is CCOc1ccc2nc(C(C)c3ccc(C(=O)NCc4ccccc4)cc3)[nH]c2c1. The molecule has 1 amide bonds. The zero-order valence-corrected chi connectivity index (χ0v) is 17.2. The average Bonchev–Trinajstić information content (AvgIpc) is 3.21. The Balaban J connectivity index is 1.45. The molecule has 3 aromatic carbocycles. The van der Waals surface area contributed by atoms with Gasteiger partial charge in [0.15, 0.2) is 0 Å². The topological polar surface area (TPSA) is 67.0 Å². The summed E-state index contributed by atoms with van der Waals surface area (Å²) in [7, 11) is 0. The lowest BCUT2D eigenvalue weighted by Gasteiger charge is -2.10. The molecule has 152 valence electrons. The normalized spacial score (nSPS) is 11.9. The minimum atomic E-state index is -0.0785. The number of H-pyrrole nitrogens is 1. The van der Waals surface area contributed by atoms with Crippen molar-refractivity contribution in [2.75, 3.05) is 6.61 Å². The molecule has 0 aliphatic carbocycles. The van der Waals surface area contributed by atoms with E-state index in [0.29, 0.717) is 18.7 Å². The number of rotatable bonds is 7. The Morgan fingerprint density at radius 1 is 1.07 bits per heavy atom. The molecule has 30 heavy (non-hydrogen) atoms. The lowest BCUT2D eigenvalue weighted by Crippen LogP contribution is -2.22. The smallest absolute Gasteiger partial charge is 0.251 e. The maximum Gasteiger partial charge on any atom is 0.251 e. The number of fused-ring (bicyclic) bond motifs is 1. The zero-order valence-electron chi connectivity index (χ0n) is 17.2. The van der Waals surface area contributed by atoms with Crippen LogP contribution in [-0.4, -0.2) is 22.5 Å². The van der Waals surface area contributed by atoms with Crippen molar-refractivity contribution in [2.24, 2.45) is 0 Å². The highest BCUT2D eigenvalue weighted by Crippen LogP contribution is 2.26. The van der Waals surface area contributed by atoms with E-state index in [-0.39, 0.29) is 11.8 Å². The van der Waals surface area contributed by atoms with E-state index < -0.39 is 0 Å². The molecule has 5 heteroatoms. The van der Waals surface area contributed by atoms with Crippen LogP contribution in [0.2, 0.25) is 0 Å². The number of benzene rings is 3. The van der Waals surface area contributed by atoms with Gasteiger partial charge in [-0.15, -0.1) is 0 Å². The number of hydrogen-bond acceptors (Lipinski definition) is 3. The zero-order chi connectivity index (χ0) is 20.9. The molecule has 4 rings (SSSR count). The molecule has 0 aliphatic rings. The number of imidazole rings is 1. The van der Waals surface area contributed by atoms with Gasteiger partial charge in [0.05, 0.1) is 17.6 Å². The van der Waals surface area contributed by atoms with Crippen LogP contribution in [0, 0.1) is 0 Å². The first-order valence-electron chi connectivity index (χ1n) is 10.2. The summed E-state index contributed by atoms with van der Waals surface area (Å²) >= 11 is 0. The lowest BCUT2D eigenvalue weighted by atomic mass is 9.99. The monoisotopic (exact) mass is 399 g/mol. The number of carbonyl (C=O) groups is 1.